The van der Waals surface area contributed by atoms with Crippen LogP contribution in [0.15, 0.2) is 0 Å². The molecule has 0 amide bonds. The second kappa shape index (κ2) is 26.8. The van der Waals surface area contributed by atoms with Crippen LogP contribution in [0.25, 0.3) is 0 Å². The quantitative estimate of drug-likeness (QED) is 0.470. The molecular formula is C6H16Ar. The summed E-state index contributed by atoms with van der Waals surface area (Å²) in [5.41, 5.74) is 0. The molecule has 0 aromatic rings. The average molecular weight is 128 g/mol. The molecule has 0 atom stereocenters. The summed E-state index contributed by atoms with van der Waals surface area (Å²) >= 11 is 0. The first kappa shape index (κ1) is 15.7. The molecule has 0 spiro atoms. The molecule has 0 unspecified atom stereocenters. The van der Waals surface area contributed by atoms with Gasteiger partial charge in [-0.2, -0.15) is 0 Å². The van der Waals surface area contributed by atoms with Gasteiger partial charge in [-0.25, -0.2) is 0 Å². The van der Waals surface area contributed by atoms with Crippen molar-refractivity contribution >= 4 is 0 Å². The molecule has 0 aliphatic heterocycles. The van der Waals surface area contributed by atoms with Gasteiger partial charge >= 0.3 is 0 Å². The van der Waals surface area contributed by atoms with E-state index in [1.165, 1.54) is 12.8 Å². The van der Waals surface area contributed by atoms with Crippen LogP contribution >= 0.6 is 0 Å². The minimum Gasteiger partial charge on any atom is -0.0656 e. The summed E-state index contributed by atoms with van der Waals surface area (Å²) in [6.45, 7) is 8.50. The van der Waals surface area contributed by atoms with Gasteiger partial charge in [-0.1, -0.05) is 40.5 Å². The van der Waals surface area contributed by atoms with Crippen LogP contribution < -0.4 is 0 Å². The van der Waals surface area contributed by atoms with Crippen molar-refractivity contribution in [2.45, 2.75) is 40.5 Å². The Morgan fingerprint density at radius 2 is 0.714 bits per heavy atom. The van der Waals surface area contributed by atoms with Gasteiger partial charge in [0.25, 0.3) is 0 Å². The molecule has 0 saturated heterocycles. The van der Waals surface area contributed by atoms with Gasteiger partial charge in [0.1, 0.15) is 0 Å². The zero-order valence-corrected chi connectivity index (χ0v) is 6.47. The van der Waals surface area contributed by atoms with Crippen molar-refractivity contribution in [3.05, 3.63) is 0 Å². The molecule has 0 fully saturated rings. The van der Waals surface area contributed by atoms with Gasteiger partial charge in [-0.05, 0) is 0 Å². The largest absolute Gasteiger partial charge is 0.0656 e. The predicted molar refractivity (Wildman–Crippen MR) is 31.9 cm³/mol. The Kier molecular flexibility index (Phi) is 60.2. The number of hydrogen-bond donors (Lipinski definition) is 0. The van der Waals surface area contributed by atoms with Crippen LogP contribution in [0.3, 0.4) is 0 Å². The van der Waals surface area contributed by atoms with E-state index in [1.807, 2.05) is 0 Å². The minimum absolute atomic E-state index is 0. The molecule has 48 valence electrons. The van der Waals surface area contributed by atoms with E-state index in [4.69, 9.17) is 0 Å². The van der Waals surface area contributed by atoms with Crippen molar-refractivity contribution < 1.29 is 37.7 Å². The zero-order chi connectivity index (χ0) is 5.41. The molecule has 0 nitrogen and oxygen atoms in total. The Morgan fingerprint density at radius 3 is 0.714 bits per heavy atom. The van der Waals surface area contributed by atoms with E-state index < -0.39 is 0 Å². The molecule has 0 saturated carbocycles. The standard InChI is InChI=1S/2C3H8.Ar/c2*1-3-2;/h2*3H2,1-2H3;. The first-order valence-electron chi connectivity index (χ1n) is 2.83. The fourth-order valence-corrected chi connectivity index (χ4v) is 0. The maximum atomic E-state index is 2.12. The average Bonchev–Trinajstić information content (AvgIpc) is 1.39. The normalized spacial score (nSPS) is 5.14. The third-order valence-corrected chi connectivity index (χ3v) is 0. The second-order valence-electron chi connectivity index (χ2n) is 1.41. The summed E-state index contributed by atoms with van der Waals surface area (Å²) in [5.74, 6) is 0. The molecule has 0 rings (SSSR count). The maximum Gasteiger partial charge on any atom is 0 e. The third-order valence-electron chi connectivity index (χ3n) is 0. The summed E-state index contributed by atoms with van der Waals surface area (Å²) < 4.78 is 0. The van der Waals surface area contributed by atoms with Gasteiger partial charge in [0, 0.05) is 37.7 Å². The molecule has 0 radical (unpaired) electrons. The monoisotopic (exact) mass is 128 g/mol. The molecule has 0 aliphatic rings. The van der Waals surface area contributed by atoms with Gasteiger partial charge in [-0.3, -0.25) is 0 Å². The van der Waals surface area contributed by atoms with Crippen LogP contribution in [-0.2, 0) is 0 Å². The Balaban J connectivity index is -0.0000000400. The zero-order valence-electron chi connectivity index (χ0n) is 5.77. The second-order valence-corrected chi connectivity index (χ2v) is 1.41. The first-order chi connectivity index (χ1) is 2.83. The molecule has 0 N–H and O–H groups in total. The van der Waals surface area contributed by atoms with E-state index in [-0.39, 0.29) is 37.7 Å². The Morgan fingerprint density at radius 1 is 0.714 bits per heavy atom. The van der Waals surface area contributed by atoms with Gasteiger partial charge in [0.2, 0.25) is 0 Å². The smallest absolute Gasteiger partial charge is 0 e. The summed E-state index contributed by atoms with van der Waals surface area (Å²) in [6.07, 6.45) is 2.50. The van der Waals surface area contributed by atoms with Crippen LogP contribution in [0.4, 0.5) is 0 Å². The molecule has 0 aliphatic carbocycles. The molecule has 0 bridgehead atoms. The fourth-order valence-electron chi connectivity index (χ4n) is 0. The van der Waals surface area contributed by atoms with Gasteiger partial charge in [-0.15, -0.1) is 0 Å². The predicted octanol–water partition coefficient (Wildman–Crippen LogP) is 2.83. The summed E-state index contributed by atoms with van der Waals surface area (Å²) in [4.78, 5) is 0. The summed E-state index contributed by atoms with van der Waals surface area (Å²) in [5, 5.41) is 0. The van der Waals surface area contributed by atoms with Crippen molar-refractivity contribution in [3.8, 4) is 0 Å². The Labute approximate surface area is 77.7 Å². The SMILES string of the molecule is CCC.CCC.[Ar]. The number of hydrogen-bond acceptors (Lipinski definition) is 0. The van der Waals surface area contributed by atoms with E-state index in [2.05, 4.69) is 27.7 Å². The summed E-state index contributed by atoms with van der Waals surface area (Å²) in [7, 11) is 0. The Bertz CT molecular complexity index is 6.14. The van der Waals surface area contributed by atoms with Crippen molar-refractivity contribution in [2.75, 3.05) is 0 Å². The van der Waals surface area contributed by atoms with E-state index in [9.17, 15) is 0 Å². The fraction of sp³-hybridized carbons (Fsp3) is 1.00. The van der Waals surface area contributed by atoms with Crippen molar-refractivity contribution in [3.63, 3.8) is 0 Å². The summed E-state index contributed by atoms with van der Waals surface area (Å²) in [6, 6.07) is 0. The van der Waals surface area contributed by atoms with Crippen LogP contribution in [-0.4, -0.2) is 0 Å². The van der Waals surface area contributed by atoms with Crippen molar-refractivity contribution in [1.82, 2.24) is 0 Å². The first-order valence-corrected chi connectivity index (χ1v) is 2.83. The van der Waals surface area contributed by atoms with E-state index in [0.717, 1.165) is 0 Å². The van der Waals surface area contributed by atoms with Crippen molar-refractivity contribution in [2.24, 2.45) is 0 Å². The molecule has 7 heavy (non-hydrogen) atoms. The minimum atomic E-state index is 0. The van der Waals surface area contributed by atoms with Gasteiger partial charge < -0.3 is 0 Å². The maximum absolute atomic E-state index is 2.12. The van der Waals surface area contributed by atoms with Crippen LogP contribution in [0.5, 0.6) is 0 Å². The van der Waals surface area contributed by atoms with Crippen LogP contribution in [0.2, 0.25) is 0 Å². The van der Waals surface area contributed by atoms with Gasteiger partial charge in [0.05, 0.1) is 0 Å². The topological polar surface area (TPSA) is 0 Å². The van der Waals surface area contributed by atoms with E-state index >= 15 is 0 Å². The van der Waals surface area contributed by atoms with E-state index in [1.54, 1.807) is 0 Å². The molecule has 0 aromatic heterocycles. The molecule has 0 aromatic carbocycles. The molecular weight excluding hydrogens is 112 g/mol. The van der Waals surface area contributed by atoms with Crippen molar-refractivity contribution in [1.29, 1.82) is 0 Å². The third kappa shape index (κ3) is 127. The van der Waals surface area contributed by atoms with Gasteiger partial charge in [0.15, 0.2) is 0 Å². The van der Waals surface area contributed by atoms with Crippen LogP contribution in [0.1, 0.15) is 40.5 Å². The molecule has 1 heteroatoms. The molecule has 0 heterocycles. The van der Waals surface area contributed by atoms with Crippen LogP contribution in [0, 0.1) is 37.7 Å². The van der Waals surface area contributed by atoms with E-state index in [0.29, 0.717) is 0 Å². The Hall–Kier alpha value is 1.26. The number of rotatable bonds is 0.